The highest BCUT2D eigenvalue weighted by Crippen LogP contribution is 2.12. The van der Waals surface area contributed by atoms with Crippen LogP contribution in [-0.4, -0.2) is 35.4 Å². The Morgan fingerprint density at radius 2 is 1.84 bits per heavy atom. The second-order valence-electron chi connectivity index (χ2n) is 4.39. The molecule has 1 aromatic rings. The predicted octanol–water partition coefficient (Wildman–Crippen LogP) is 1.95. The average molecular weight is 266 g/mol. The standard InChI is InChI=1S/C14H18O5/c1-10(6-8-15)7-9-19-14(18)12-5-3-2-4-11(12)13(16)17/h2-5,10,15H,6-9H2,1H3,(H,16,17). The van der Waals surface area contributed by atoms with E-state index in [0.29, 0.717) is 12.8 Å². The summed E-state index contributed by atoms with van der Waals surface area (Å²) < 4.78 is 5.05. The van der Waals surface area contributed by atoms with Crippen molar-refractivity contribution in [3.05, 3.63) is 35.4 Å². The van der Waals surface area contributed by atoms with Gasteiger partial charge in [-0.2, -0.15) is 0 Å². The lowest BCUT2D eigenvalue weighted by atomic mass is 10.1. The highest BCUT2D eigenvalue weighted by atomic mass is 16.5. The number of aromatic carboxylic acids is 1. The summed E-state index contributed by atoms with van der Waals surface area (Å²) in [5.74, 6) is -1.53. The molecule has 0 saturated carbocycles. The van der Waals surface area contributed by atoms with Crippen LogP contribution in [-0.2, 0) is 4.74 Å². The van der Waals surface area contributed by atoms with Crippen LogP contribution in [0.25, 0.3) is 0 Å². The molecule has 104 valence electrons. The van der Waals surface area contributed by atoms with Gasteiger partial charge in [-0.05, 0) is 30.9 Å². The maximum atomic E-state index is 11.8. The normalized spacial score (nSPS) is 11.9. The molecule has 1 aromatic carbocycles. The monoisotopic (exact) mass is 266 g/mol. The minimum atomic E-state index is -1.15. The summed E-state index contributed by atoms with van der Waals surface area (Å²) in [6, 6.07) is 5.96. The molecule has 1 atom stereocenters. The summed E-state index contributed by atoms with van der Waals surface area (Å²) >= 11 is 0. The summed E-state index contributed by atoms with van der Waals surface area (Å²) in [6.45, 7) is 2.28. The number of rotatable bonds is 7. The first-order valence-corrected chi connectivity index (χ1v) is 6.16. The Morgan fingerprint density at radius 3 is 2.42 bits per heavy atom. The summed E-state index contributed by atoms with van der Waals surface area (Å²) in [4.78, 5) is 22.7. The van der Waals surface area contributed by atoms with Crippen LogP contribution in [0.1, 0.15) is 40.5 Å². The number of aliphatic hydroxyl groups is 1. The molecule has 0 radical (unpaired) electrons. The van der Waals surface area contributed by atoms with E-state index in [1.165, 1.54) is 12.1 Å². The van der Waals surface area contributed by atoms with Gasteiger partial charge in [0, 0.05) is 6.61 Å². The van der Waals surface area contributed by atoms with Crippen molar-refractivity contribution in [1.82, 2.24) is 0 Å². The van der Waals surface area contributed by atoms with Crippen LogP contribution in [0.5, 0.6) is 0 Å². The van der Waals surface area contributed by atoms with Gasteiger partial charge < -0.3 is 14.9 Å². The van der Waals surface area contributed by atoms with E-state index >= 15 is 0 Å². The molecule has 0 aliphatic carbocycles. The molecule has 0 bridgehead atoms. The fraction of sp³-hybridized carbons (Fsp3) is 0.429. The van der Waals surface area contributed by atoms with Crippen molar-refractivity contribution >= 4 is 11.9 Å². The van der Waals surface area contributed by atoms with Crippen molar-refractivity contribution in [3.63, 3.8) is 0 Å². The summed E-state index contributed by atoms with van der Waals surface area (Å²) in [5.41, 5.74) is 0.000665. The zero-order chi connectivity index (χ0) is 14.3. The second kappa shape index (κ2) is 7.53. The number of hydrogen-bond acceptors (Lipinski definition) is 4. The number of aliphatic hydroxyl groups excluding tert-OH is 1. The molecule has 0 spiro atoms. The molecular weight excluding hydrogens is 248 g/mol. The van der Waals surface area contributed by atoms with Crippen molar-refractivity contribution in [2.75, 3.05) is 13.2 Å². The van der Waals surface area contributed by atoms with Gasteiger partial charge in [0.2, 0.25) is 0 Å². The lowest BCUT2D eigenvalue weighted by Crippen LogP contribution is -2.13. The molecule has 1 unspecified atom stereocenters. The number of carbonyl (C=O) groups is 2. The molecule has 0 fully saturated rings. The minimum absolute atomic E-state index is 0.0593. The smallest absolute Gasteiger partial charge is 0.339 e. The van der Waals surface area contributed by atoms with Crippen LogP contribution in [0.4, 0.5) is 0 Å². The zero-order valence-corrected chi connectivity index (χ0v) is 10.8. The largest absolute Gasteiger partial charge is 0.478 e. The van der Waals surface area contributed by atoms with Gasteiger partial charge >= 0.3 is 11.9 Å². The lowest BCUT2D eigenvalue weighted by Gasteiger charge is -2.10. The molecular formula is C14H18O5. The molecule has 0 aromatic heterocycles. The highest BCUT2D eigenvalue weighted by Gasteiger charge is 2.17. The van der Waals surface area contributed by atoms with Crippen LogP contribution < -0.4 is 0 Å². The fourth-order valence-corrected chi connectivity index (χ4v) is 1.64. The molecule has 19 heavy (non-hydrogen) atoms. The highest BCUT2D eigenvalue weighted by molar-refractivity contribution is 6.02. The third kappa shape index (κ3) is 4.71. The van der Waals surface area contributed by atoms with E-state index < -0.39 is 11.9 Å². The van der Waals surface area contributed by atoms with E-state index in [1.807, 2.05) is 6.92 Å². The first-order chi connectivity index (χ1) is 9.06. The maximum absolute atomic E-state index is 11.8. The minimum Gasteiger partial charge on any atom is -0.478 e. The lowest BCUT2D eigenvalue weighted by molar-refractivity contribution is 0.0471. The van der Waals surface area contributed by atoms with Gasteiger partial charge in [-0.3, -0.25) is 0 Å². The summed E-state index contributed by atoms with van der Waals surface area (Å²) in [5, 5.41) is 17.7. The van der Waals surface area contributed by atoms with E-state index in [-0.39, 0.29) is 30.3 Å². The fourth-order valence-electron chi connectivity index (χ4n) is 1.64. The van der Waals surface area contributed by atoms with Gasteiger partial charge in [0.25, 0.3) is 0 Å². The van der Waals surface area contributed by atoms with Gasteiger partial charge in [0.05, 0.1) is 17.7 Å². The number of esters is 1. The second-order valence-corrected chi connectivity index (χ2v) is 4.39. The van der Waals surface area contributed by atoms with Crippen LogP contribution in [0.2, 0.25) is 0 Å². The van der Waals surface area contributed by atoms with Gasteiger partial charge in [-0.25, -0.2) is 9.59 Å². The Bertz CT molecular complexity index is 441. The molecule has 0 saturated heterocycles. The Morgan fingerprint density at radius 1 is 1.21 bits per heavy atom. The predicted molar refractivity (Wildman–Crippen MR) is 69.2 cm³/mol. The molecule has 0 aliphatic rings. The van der Waals surface area contributed by atoms with Crippen LogP contribution in [0, 0.1) is 5.92 Å². The number of benzene rings is 1. The van der Waals surface area contributed by atoms with E-state index in [0.717, 1.165) is 0 Å². The first kappa shape index (κ1) is 15.2. The number of carboxylic acid groups (broad SMARTS) is 1. The molecule has 5 heteroatoms. The Balaban J connectivity index is 2.57. The average Bonchev–Trinajstić information content (AvgIpc) is 2.38. The molecule has 0 amide bonds. The van der Waals surface area contributed by atoms with Crippen LogP contribution >= 0.6 is 0 Å². The quantitative estimate of drug-likeness (QED) is 0.737. The number of ether oxygens (including phenoxy) is 1. The SMILES string of the molecule is CC(CCO)CCOC(=O)c1ccccc1C(=O)O. The maximum Gasteiger partial charge on any atom is 0.339 e. The summed E-state index contributed by atoms with van der Waals surface area (Å²) in [7, 11) is 0. The van der Waals surface area contributed by atoms with E-state index in [1.54, 1.807) is 12.1 Å². The van der Waals surface area contributed by atoms with Crippen molar-refractivity contribution in [3.8, 4) is 0 Å². The molecule has 5 nitrogen and oxygen atoms in total. The Labute approximate surface area is 111 Å². The Kier molecular flexibility index (Phi) is 6.02. The van der Waals surface area contributed by atoms with Crippen LogP contribution in [0.15, 0.2) is 24.3 Å². The van der Waals surface area contributed by atoms with E-state index in [2.05, 4.69) is 0 Å². The summed E-state index contributed by atoms with van der Waals surface area (Å²) in [6.07, 6.45) is 1.30. The van der Waals surface area contributed by atoms with Crippen molar-refractivity contribution in [2.24, 2.45) is 5.92 Å². The third-order valence-corrected chi connectivity index (χ3v) is 2.84. The Hall–Kier alpha value is -1.88. The van der Waals surface area contributed by atoms with Gasteiger partial charge in [-0.1, -0.05) is 19.1 Å². The van der Waals surface area contributed by atoms with Gasteiger partial charge in [0.15, 0.2) is 0 Å². The third-order valence-electron chi connectivity index (χ3n) is 2.84. The first-order valence-electron chi connectivity index (χ1n) is 6.16. The van der Waals surface area contributed by atoms with Crippen molar-refractivity contribution in [2.45, 2.75) is 19.8 Å². The number of carbonyl (C=O) groups excluding carboxylic acids is 1. The molecule has 0 aliphatic heterocycles. The van der Waals surface area contributed by atoms with Gasteiger partial charge in [0.1, 0.15) is 0 Å². The van der Waals surface area contributed by atoms with Crippen molar-refractivity contribution < 1.29 is 24.5 Å². The van der Waals surface area contributed by atoms with Crippen molar-refractivity contribution in [1.29, 1.82) is 0 Å². The number of hydrogen-bond donors (Lipinski definition) is 2. The van der Waals surface area contributed by atoms with Crippen LogP contribution in [0.3, 0.4) is 0 Å². The van der Waals surface area contributed by atoms with E-state index in [4.69, 9.17) is 14.9 Å². The molecule has 1 rings (SSSR count). The molecule has 0 heterocycles. The molecule has 2 N–H and O–H groups in total. The zero-order valence-electron chi connectivity index (χ0n) is 10.8. The topological polar surface area (TPSA) is 83.8 Å². The number of carboxylic acids is 1. The van der Waals surface area contributed by atoms with E-state index in [9.17, 15) is 9.59 Å². The van der Waals surface area contributed by atoms with Gasteiger partial charge in [-0.15, -0.1) is 0 Å².